The van der Waals surface area contributed by atoms with Crippen molar-refractivity contribution < 1.29 is 9.50 Å². The van der Waals surface area contributed by atoms with E-state index in [-0.39, 0.29) is 5.82 Å². The molecule has 1 unspecified atom stereocenters. The molecule has 0 bridgehead atoms. The van der Waals surface area contributed by atoms with Crippen molar-refractivity contribution in [3.05, 3.63) is 68.9 Å². The molecular weight excluding hydrogens is 343 g/mol. The molecule has 2 rings (SSSR count). The predicted octanol–water partition coefficient (Wildman–Crippen LogP) is 4.78. The average molecular weight is 358 g/mol. The minimum absolute atomic E-state index is 0.305. The molecule has 2 aromatic carbocycles. The predicted molar refractivity (Wildman–Crippen MR) is 83.6 cm³/mol. The van der Waals surface area contributed by atoms with Crippen LogP contribution >= 0.6 is 27.5 Å². The normalized spacial score (nSPS) is 14.1. The molecule has 0 spiro atoms. The van der Waals surface area contributed by atoms with Gasteiger partial charge in [0.1, 0.15) is 5.82 Å². The first kappa shape index (κ1) is 15.5. The summed E-state index contributed by atoms with van der Waals surface area (Å²) in [4.78, 5) is 0. The van der Waals surface area contributed by atoms with E-state index in [1.165, 1.54) is 18.2 Å². The Hall–Kier alpha value is -0.900. The highest BCUT2D eigenvalue weighted by Gasteiger charge is 2.23. The summed E-state index contributed by atoms with van der Waals surface area (Å²) in [5.41, 5.74) is 0.658. The standard InChI is InChI=1S/C16H15BrClFO/c1-16(20,9-11-2-4-13(17)5-3-11)10-12-8-14(19)6-7-15(12)18/h2-8,20H,9-10H2,1H3. The molecule has 0 radical (unpaired) electrons. The first-order valence-corrected chi connectivity index (χ1v) is 7.44. The van der Waals surface area contributed by atoms with E-state index in [0.717, 1.165) is 10.0 Å². The number of aliphatic hydroxyl groups is 1. The van der Waals surface area contributed by atoms with Crippen molar-refractivity contribution in [2.45, 2.75) is 25.4 Å². The van der Waals surface area contributed by atoms with Crippen molar-refractivity contribution in [3.63, 3.8) is 0 Å². The second-order valence-electron chi connectivity index (χ2n) is 5.21. The average Bonchev–Trinajstić information content (AvgIpc) is 2.36. The van der Waals surface area contributed by atoms with E-state index < -0.39 is 5.60 Å². The maximum Gasteiger partial charge on any atom is 0.123 e. The molecule has 0 aliphatic rings. The highest BCUT2D eigenvalue weighted by Crippen LogP contribution is 2.25. The molecule has 0 fully saturated rings. The van der Waals surface area contributed by atoms with Gasteiger partial charge in [-0.25, -0.2) is 4.39 Å². The van der Waals surface area contributed by atoms with Crippen molar-refractivity contribution in [2.75, 3.05) is 0 Å². The Balaban J connectivity index is 2.14. The highest BCUT2D eigenvalue weighted by atomic mass is 79.9. The molecule has 106 valence electrons. The lowest BCUT2D eigenvalue weighted by atomic mass is 9.90. The zero-order chi connectivity index (χ0) is 14.8. The smallest absolute Gasteiger partial charge is 0.123 e. The summed E-state index contributed by atoms with van der Waals surface area (Å²) in [6, 6.07) is 12.0. The van der Waals surface area contributed by atoms with Crippen molar-refractivity contribution in [1.82, 2.24) is 0 Å². The monoisotopic (exact) mass is 356 g/mol. The van der Waals surface area contributed by atoms with Crippen LogP contribution in [0.15, 0.2) is 46.9 Å². The van der Waals surface area contributed by atoms with Crippen LogP contribution in [0.4, 0.5) is 4.39 Å². The van der Waals surface area contributed by atoms with E-state index in [4.69, 9.17) is 11.6 Å². The van der Waals surface area contributed by atoms with Gasteiger partial charge in [0.15, 0.2) is 0 Å². The summed E-state index contributed by atoms with van der Waals surface area (Å²) in [5, 5.41) is 11.0. The molecule has 1 N–H and O–H groups in total. The van der Waals surface area contributed by atoms with Crippen LogP contribution in [-0.4, -0.2) is 10.7 Å². The van der Waals surface area contributed by atoms with Crippen LogP contribution in [0.3, 0.4) is 0 Å². The van der Waals surface area contributed by atoms with Crippen LogP contribution in [0.5, 0.6) is 0 Å². The molecular formula is C16H15BrClFO. The minimum atomic E-state index is -0.981. The maximum absolute atomic E-state index is 13.2. The Morgan fingerprint density at radius 2 is 1.80 bits per heavy atom. The van der Waals surface area contributed by atoms with Crippen LogP contribution in [0.1, 0.15) is 18.1 Å². The van der Waals surface area contributed by atoms with Gasteiger partial charge in [0.05, 0.1) is 5.60 Å². The number of rotatable bonds is 4. The van der Waals surface area contributed by atoms with Gasteiger partial charge < -0.3 is 5.11 Å². The van der Waals surface area contributed by atoms with Gasteiger partial charge in [-0.15, -0.1) is 0 Å². The first-order chi connectivity index (χ1) is 9.35. The number of benzene rings is 2. The largest absolute Gasteiger partial charge is 0.389 e. The molecule has 20 heavy (non-hydrogen) atoms. The van der Waals surface area contributed by atoms with Crippen molar-refractivity contribution >= 4 is 27.5 Å². The van der Waals surface area contributed by atoms with E-state index in [9.17, 15) is 9.50 Å². The molecule has 0 saturated carbocycles. The minimum Gasteiger partial charge on any atom is -0.389 e. The molecule has 0 aromatic heterocycles. The summed E-state index contributed by atoms with van der Waals surface area (Å²) in [6.07, 6.45) is 0.785. The lowest BCUT2D eigenvalue weighted by Crippen LogP contribution is -2.30. The lowest BCUT2D eigenvalue weighted by molar-refractivity contribution is 0.0608. The summed E-state index contributed by atoms with van der Waals surface area (Å²) < 4.78 is 14.2. The third-order valence-electron chi connectivity index (χ3n) is 3.08. The molecule has 0 aliphatic heterocycles. The fraction of sp³-hybridized carbons (Fsp3) is 0.250. The molecule has 4 heteroatoms. The zero-order valence-corrected chi connectivity index (χ0v) is 13.4. The molecule has 0 aliphatic carbocycles. The third-order valence-corrected chi connectivity index (χ3v) is 3.97. The molecule has 1 atom stereocenters. The van der Waals surface area contributed by atoms with Crippen LogP contribution in [0.2, 0.25) is 5.02 Å². The lowest BCUT2D eigenvalue weighted by Gasteiger charge is -2.24. The van der Waals surface area contributed by atoms with Crippen molar-refractivity contribution in [2.24, 2.45) is 0 Å². The SMILES string of the molecule is CC(O)(Cc1ccc(Br)cc1)Cc1cc(F)ccc1Cl. The van der Waals surface area contributed by atoms with E-state index in [1.54, 1.807) is 6.92 Å². The summed E-state index contributed by atoms with van der Waals surface area (Å²) in [7, 11) is 0. The third kappa shape index (κ3) is 4.30. The zero-order valence-electron chi connectivity index (χ0n) is 11.0. The van der Waals surface area contributed by atoms with E-state index >= 15 is 0 Å². The second kappa shape index (κ2) is 6.25. The molecule has 0 heterocycles. The fourth-order valence-electron chi connectivity index (χ4n) is 2.19. The quantitative estimate of drug-likeness (QED) is 0.835. The Morgan fingerprint density at radius 1 is 1.15 bits per heavy atom. The molecule has 0 amide bonds. The van der Waals surface area contributed by atoms with Gasteiger partial charge in [0.25, 0.3) is 0 Å². The maximum atomic E-state index is 13.2. The highest BCUT2D eigenvalue weighted by molar-refractivity contribution is 9.10. The Morgan fingerprint density at radius 3 is 2.45 bits per heavy atom. The van der Waals surface area contributed by atoms with Crippen LogP contribution in [0.25, 0.3) is 0 Å². The Bertz CT molecular complexity index is 596. The Labute approximate surface area is 131 Å². The van der Waals surface area contributed by atoms with Crippen LogP contribution in [-0.2, 0) is 12.8 Å². The van der Waals surface area contributed by atoms with Gasteiger partial charge in [-0.2, -0.15) is 0 Å². The van der Waals surface area contributed by atoms with Gasteiger partial charge in [-0.1, -0.05) is 39.7 Å². The van der Waals surface area contributed by atoms with Crippen LogP contribution in [0, 0.1) is 5.82 Å². The van der Waals surface area contributed by atoms with Gasteiger partial charge in [-0.05, 0) is 48.4 Å². The Kier molecular flexibility index (Phi) is 4.84. The van der Waals surface area contributed by atoms with Crippen molar-refractivity contribution in [1.29, 1.82) is 0 Å². The van der Waals surface area contributed by atoms with Crippen molar-refractivity contribution in [3.8, 4) is 0 Å². The van der Waals surface area contributed by atoms with Gasteiger partial charge >= 0.3 is 0 Å². The fourth-order valence-corrected chi connectivity index (χ4v) is 2.64. The van der Waals surface area contributed by atoms with Gasteiger partial charge in [0, 0.05) is 22.3 Å². The molecule has 1 nitrogen and oxygen atoms in total. The molecule has 2 aromatic rings. The van der Waals surface area contributed by atoms with E-state index in [1.807, 2.05) is 24.3 Å². The van der Waals surface area contributed by atoms with E-state index in [0.29, 0.717) is 23.4 Å². The number of hydrogen-bond donors (Lipinski definition) is 1. The second-order valence-corrected chi connectivity index (χ2v) is 6.54. The number of halogens is 3. The summed E-state index contributed by atoms with van der Waals surface area (Å²) in [6.45, 7) is 1.73. The number of hydrogen-bond acceptors (Lipinski definition) is 1. The van der Waals surface area contributed by atoms with E-state index in [2.05, 4.69) is 15.9 Å². The summed E-state index contributed by atoms with van der Waals surface area (Å²) in [5.74, 6) is -0.344. The van der Waals surface area contributed by atoms with Crippen LogP contribution < -0.4 is 0 Å². The summed E-state index contributed by atoms with van der Waals surface area (Å²) >= 11 is 9.42. The first-order valence-electron chi connectivity index (χ1n) is 6.26. The molecule has 0 saturated heterocycles. The topological polar surface area (TPSA) is 20.2 Å². The van der Waals surface area contributed by atoms with Gasteiger partial charge in [0.2, 0.25) is 0 Å². The van der Waals surface area contributed by atoms with Gasteiger partial charge in [-0.3, -0.25) is 0 Å².